The van der Waals surface area contributed by atoms with Crippen LogP contribution in [0.4, 0.5) is 13.2 Å². The Balaban J connectivity index is 2.22. The molecule has 0 atom stereocenters. The Morgan fingerprint density at radius 3 is 2.50 bits per heavy atom. The molecule has 0 saturated carbocycles. The normalized spacial score (nSPS) is 11.9. The molecular formula is C18H19F3N2O3. The number of carbonyl (C=O) groups excluding carboxylic acids is 1. The highest BCUT2D eigenvalue weighted by Gasteiger charge is 2.32. The fourth-order valence-corrected chi connectivity index (χ4v) is 2.51. The van der Waals surface area contributed by atoms with E-state index in [1.54, 1.807) is 12.1 Å². The van der Waals surface area contributed by atoms with Crippen molar-refractivity contribution in [2.45, 2.75) is 25.4 Å². The predicted octanol–water partition coefficient (Wildman–Crippen LogP) is 3.11. The third kappa shape index (κ3) is 4.25. The van der Waals surface area contributed by atoms with Crippen LogP contribution in [0.5, 0.6) is 5.75 Å². The van der Waals surface area contributed by atoms with Crippen LogP contribution >= 0.6 is 0 Å². The van der Waals surface area contributed by atoms with Gasteiger partial charge in [0, 0.05) is 23.7 Å². The van der Waals surface area contributed by atoms with Crippen LogP contribution in [0.25, 0.3) is 0 Å². The van der Waals surface area contributed by atoms with Crippen molar-refractivity contribution in [1.29, 1.82) is 0 Å². The molecule has 0 spiro atoms. The predicted molar refractivity (Wildman–Crippen MR) is 90.4 cm³/mol. The summed E-state index contributed by atoms with van der Waals surface area (Å²) >= 11 is 0. The van der Waals surface area contributed by atoms with Gasteiger partial charge in [0.25, 0.3) is 11.5 Å². The van der Waals surface area contributed by atoms with Gasteiger partial charge in [0.2, 0.25) is 0 Å². The average Bonchev–Trinajstić information content (AvgIpc) is 2.59. The Bertz CT molecular complexity index is 857. The highest BCUT2D eigenvalue weighted by Crippen LogP contribution is 2.31. The smallest absolute Gasteiger partial charge is 0.417 e. The summed E-state index contributed by atoms with van der Waals surface area (Å²) in [5.41, 5.74) is -2.32. The fraction of sp³-hybridized carbons (Fsp3) is 0.333. The van der Waals surface area contributed by atoms with Crippen molar-refractivity contribution in [2.75, 3.05) is 13.7 Å². The molecule has 0 unspecified atom stereocenters. The largest absolute Gasteiger partial charge is 0.496 e. The van der Waals surface area contributed by atoms with Crippen LogP contribution in [0.1, 0.15) is 35.3 Å². The van der Waals surface area contributed by atoms with Crippen molar-refractivity contribution in [3.63, 3.8) is 0 Å². The first kappa shape index (κ1) is 19.6. The topological polar surface area (TPSA) is 71.2 Å². The molecule has 0 aliphatic carbocycles. The Morgan fingerprint density at radius 2 is 1.88 bits per heavy atom. The molecule has 0 aliphatic heterocycles. The number of aromatic amines is 1. The van der Waals surface area contributed by atoms with E-state index < -0.39 is 34.2 Å². The van der Waals surface area contributed by atoms with Crippen molar-refractivity contribution in [3.8, 4) is 5.75 Å². The van der Waals surface area contributed by atoms with Gasteiger partial charge in [-0.1, -0.05) is 32.0 Å². The Morgan fingerprint density at radius 1 is 1.23 bits per heavy atom. The van der Waals surface area contributed by atoms with Crippen LogP contribution < -0.4 is 15.6 Å². The van der Waals surface area contributed by atoms with Gasteiger partial charge in [-0.2, -0.15) is 13.2 Å². The molecule has 8 heteroatoms. The summed E-state index contributed by atoms with van der Waals surface area (Å²) in [6.07, 6.45) is -4.12. The number of carbonyl (C=O) groups is 1. The number of benzene rings is 1. The molecule has 0 bridgehead atoms. The molecule has 1 heterocycles. The number of alkyl halides is 3. The maximum atomic E-state index is 12.8. The zero-order valence-corrected chi connectivity index (χ0v) is 14.5. The number of amides is 1. The third-order valence-corrected chi connectivity index (χ3v) is 4.00. The summed E-state index contributed by atoms with van der Waals surface area (Å²) in [4.78, 5) is 25.9. The molecule has 2 rings (SSSR count). The third-order valence-electron chi connectivity index (χ3n) is 4.00. The maximum absolute atomic E-state index is 12.8. The molecule has 1 aromatic heterocycles. The molecule has 26 heavy (non-hydrogen) atoms. The van der Waals surface area contributed by atoms with Crippen molar-refractivity contribution >= 4 is 5.91 Å². The first-order valence-electron chi connectivity index (χ1n) is 7.78. The molecule has 2 aromatic rings. The number of pyridine rings is 1. The molecule has 0 radical (unpaired) electrons. The van der Waals surface area contributed by atoms with Gasteiger partial charge in [-0.25, -0.2) is 0 Å². The van der Waals surface area contributed by atoms with Gasteiger partial charge in [0.1, 0.15) is 11.3 Å². The van der Waals surface area contributed by atoms with E-state index in [1.165, 1.54) is 7.11 Å². The van der Waals surface area contributed by atoms with Crippen LogP contribution in [0.2, 0.25) is 0 Å². The number of rotatable bonds is 5. The molecular weight excluding hydrogens is 349 g/mol. The van der Waals surface area contributed by atoms with Crippen molar-refractivity contribution in [2.24, 2.45) is 0 Å². The quantitative estimate of drug-likeness (QED) is 0.852. The average molecular weight is 368 g/mol. The highest BCUT2D eigenvalue weighted by atomic mass is 19.4. The van der Waals surface area contributed by atoms with Crippen LogP contribution in [0.15, 0.2) is 41.3 Å². The zero-order chi connectivity index (χ0) is 19.5. The number of halogens is 3. The second kappa shape index (κ2) is 7.23. The van der Waals surface area contributed by atoms with E-state index >= 15 is 0 Å². The SMILES string of the molecule is COc1ccccc1C(C)(C)CNC(=O)c1cc(C(F)(F)F)c[nH]c1=O. The van der Waals surface area contributed by atoms with Crippen LogP contribution in [-0.2, 0) is 11.6 Å². The number of hydrogen-bond acceptors (Lipinski definition) is 3. The van der Waals surface area contributed by atoms with Gasteiger partial charge < -0.3 is 15.0 Å². The van der Waals surface area contributed by atoms with Crippen molar-refractivity contribution < 1.29 is 22.7 Å². The van der Waals surface area contributed by atoms with Gasteiger partial charge in [-0.05, 0) is 12.1 Å². The molecule has 0 aliphatic rings. The van der Waals surface area contributed by atoms with Crippen LogP contribution in [0.3, 0.4) is 0 Å². The van der Waals surface area contributed by atoms with Gasteiger partial charge in [-0.15, -0.1) is 0 Å². The van der Waals surface area contributed by atoms with E-state index in [2.05, 4.69) is 5.32 Å². The lowest BCUT2D eigenvalue weighted by molar-refractivity contribution is -0.137. The lowest BCUT2D eigenvalue weighted by Gasteiger charge is -2.27. The second-order valence-electron chi connectivity index (χ2n) is 6.40. The summed E-state index contributed by atoms with van der Waals surface area (Å²) in [5.74, 6) is -0.246. The lowest BCUT2D eigenvalue weighted by Crippen LogP contribution is -2.39. The number of ether oxygens (including phenoxy) is 1. The molecule has 1 aromatic carbocycles. The molecule has 1 amide bonds. The minimum Gasteiger partial charge on any atom is -0.496 e. The number of hydrogen-bond donors (Lipinski definition) is 2. The molecule has 2 N–H and O–H groups in total. The van der Waals surface area contributed by atoms with Gasteiger partial charge in [0.15, 0.2) is 0 Å². The molecule has 140 valence electrons. The number of H-pyrrole nitrogens is 1. The van der Waals surface area contributed by atoms with Crippen LogP contribution in [-0.4, -0.2) is 24.5 Å². The van der Waals surface area contributed by atoms with Crippen LogP contribution in [0, 0.1) is 0 Å². The minimum absolute atomic E-state index is 0.0991. The molecule has 5 nitrogen and oxygen atoms in total. The number of aromatic nitrogens is 1. The van der Waals surface area contributed by atoms with Gasteiger partial charge in [0.05, 0.1) is 12.7 Å². The summed E-state index contributed by atoms with van der Waals surface area (Å²) in [6.45, 7) is 3.80. The zero-order valence-electron chi connectivity index (χ0n) is 14.5. The first-order valence-corrected chi connectivity index (χ1v) is 7.78. The molecule has 0 fully saturated rings. The first-order chi connectivity index (χ1) is 12.1. The second-order valence-corrected chi connectivity index (χ2v) is 6.40. The number of nitrogens with one attached hydrogen (secondary N) is 2. The number of methoxy groups -OCH3 is 1. The monoisotopic (exact) mass is 368 g/mol. The number of para-hydroxylation sites is 1. The van der Waals surface area contributed by atoms with Crippen molar-refractivity contribution in [1.82, 2.24) is 10.3 Å². The van der Waals surface area contributed by atoms with E-state index in [0.29, 0.717) is 18.0 Å². The van der Waals surface area contributed by atoms with E-state index in [-0.39, 0.29) is 6.54 Å². The standard InChI is InChI=1S/C18H19F3N2O3/c1-17(2,13-6-4-5-7-14(13)26-3)10-23-16(25)12-8-11(18(19,20)21)9-22-15(12)24/h4-9H,10H2,1-3H3,(H,22,24)(H,23,25). The Hall–Kier alpha value is -2.77. The summed E-state index contributed by atoms with van der Waals surface area (Å²) in [5, 5.41) is 2.53. The lowest BCUT2D eigenvalue weighted by atomic mass is 9.84. The maximum Gasteiger partial charge on any atom is 0.417 e. The molecule has 0 saturated heterocycles. The summed E-state index contributed by atoms with van der Waals surface area (Å²) < 4.78 is 43.6. The van der Waals surface area contributed by atoms with Gasteiger partial charge in [-0.3, -0.25) is 9.59 Å². The summed E-state index contributed by atoms with van der Waals surface area (Å²) in [7, 11) is 1.52. The van der Waals surface area contributed by atoms with Gasteiger partial charge >= 0.3 is 6.18 Å². The highest BCUT2D eigenvalue weighted by molar-refractivity contribution is 5.94. The summed E-state index contributed by atoms with van der Waals surface area (Å²) in [6, 6.07) is 7.78. The Kier molecular flexibility index (Phi) is 5.44. The van der Waals surface area contributed by atoms with E-state index in [1.807, 2.05) is 31.0 Å². The van der Waals surface area contributed by atoms with E-state index in [0.717, 1.165) is 5.56 Å². The van der Waals surface area contributed by atoms with E-state index in [4.69, 9.17) is 4.74 Å². The Labute approximate surface area is 148 Å². The minimum atomic E-state index is -4.66. The fourth-order valence-electron chi connectivity index (χ4n) is 2.51. The van der Waals surface area contributed by atoms with E-state index in [9.17, 15) is 22.8 Å². The van der Waals surface area contributed by atoms with Crippen molar-refractivity contribution in [3.05, 3.63) is 63.6 Å².